The van der Waals surface area contributed by atoms with E-state index in [4.69, 9.17) is 5.11 Å². The van der Waals surface area contributed by atoms with Gasteiger partial charge in [-0.25, -0.2) is 9.59 Å². The van der Waals surface area contributed by atoms with Gasteiger partial charge in [-0.15, -0.1) is 0 Å². The molecule has 0 heterocycles. The second-order valence-electron chi connectivity index (χ2n) is 3.11. The van der Waals surface area contributed by atoms with E-state index in [9.17, 15) is 9.59 Å². The standard InChI is InChI=1S/C9H17NO4/c1-4-6-9(5-2,7(11)12)10-8(13)14-3/h4-6H2,1-3H3,(H,10,13)(H,11,12). The van der Waals surface area contributed by atoms with Crippen LogP contribution in [0.5, 0.6) is 0 Å². The first-order valence-electron chi connectivity index (χ1n) is 4.62. The first-order valence-corrected chi connectivity index (χ1v) is 4.62. The molecule has 0 saturated carbocycles. The van der Waals surface area contributed by atoms with Gasteiger partial charge in [0.1, 0.15) is 5.54 Å². The van der Waals surface area contributed by atoms with Crippen LogP contribution in [0.3, 0.4) is 0 Å². The van der Waals surface area contributed by atoms with E-state index in [0.717, 1.165) is 0 Å². The van der Waals surface area contributed by atoms with Crippen molar-refractivity contribution in [3.05, 3.63) is 0 Å². The number of hydrogen-bond donors (Lipinski definition) is 2. The number of amides is 1. The van der Waals surface area contributed by atoms with Crippen molar-refractivity contribution >= 4 is 12.1 Å². The minimum Gasteiger partial charge on any atom is -0.480 e. The molecule has 1 atom stereocenters. The zero-order valence-electron chi connectivity index (χ0n) is 8.79. The van der Waals surface area contributed by atoms with E-state index in [-0.39, 0.29) is 0 Å². The minimum absolute atomic E-state index is 0.339. The molecular weight excluding hydrogens is 186 g/mol. The highest BCUT2D eigenvalue weighted by Gasteiger charge is 2.37. The lowest BCUT2D eigenvalue weighted by Crippen LogP contribution is -2.54. The summed E-state index contributed by atoms with van der Waals surface area (Å²) in [6.07, 6.45) is 0.714. The van der Waals surface area contributed by atoms with Crippen molar-refractivity contribution < 1.29 is 19.4 Å². The van der Waals surface area contributed by atoms with E-state index < -0.39 is 17.6 Å². The van der Waals surface area contributed by atoms with Crippen LogP contribution in [-0.2, 0) is 9.53 Å². The number of hydrogen-bond acceptors (Lipinski definition) is 3. The van der Waals surface area contributed by atoms with Crippen molar-refractivity contribution in [3.63, 3.8) is 0 Å². The van der Waals surface area contributed by atoms with Gasteiger partial charge in [0, 0.05) is 0 Å². The fourth-order valence-electron chi connectivity index (χ4n) is 1.31. The van der Waals surface area contributed by atoms with Crippen LogP contribution in [0.1, 0.15) is 33.1 Å². The number of carboxylic acids is 1. The molecule has 1 amide bonds. The summed E-state index contributed by atoms with van der Waals surface area (Å²) in [5.41, 5.74) is -1.19. The normalized spacial score (nSPS) is 14.2. The maximum atomic E-state index is 11.0. The second-order valence-corrected chi connectivity index (χ2v) is 3.11. The number of carboxylic acid groups (broad SMARTS) is 1. The molecule has 82 valence electrons. The molecule has 0 fully saturated rings. The Balaban J connectivity index is 4.66. The minimum atomic E-state index is -1.19. The second kappa shape index (κ2) is 5.47. The van der Waals surface area contributed by atoms with E-state index in [2.05, 4.69) is 10.1 Å². The average molecular weight is 203 g/mol. The van der Waals surface area contributed by atoms with E-state index in [1.54, 1.807) is 6.92 Å². The molecule has 0 aliphatic heterocycles. The fourth-order valence-corrected chi connectivity index (χ4v) is 1.31. The van der Waals surface area contributed by atoms with Gasteiger partial charge in [0.05, 0.1) is 7.11 Å². The summed E-state index contributed by atoms with van der Waals surface area (Å²) in [4.78, 5) is 22.0. The number of carbonyl (C=O) groups is 2. The van der Waals surface area contributed by atoms with Gasteiger partial charge in [-0.05, 0) is 12.8 Å². The van der Waals surface area contributed by atoms with Crippen molar-refractivity contribution in [2.75, 3.05) is 7.11 Å². The summed E-state index contributed by atoms with van der Waals surface area (Å²) >= 11 is 0. The number of methoxy groups -OCH3 is 1. The van der Waals surface area contributed by atoms with Gasteiger partial charge in [0.15, 0.2) is 0 Å². The van der Waals surface area contributed by atoms with Crippen molar-refractivity contribution in [3.8, 4) is 0 Å². The molecule has 0 saturated heterocycles. The summed E-state index contributed by atoms with van der Waals surface area (Å²) in [5.74, 6) is -1.02. The number of ether oxygens (including phenoxy) is 1. The molecule has 0 aliphatic rings. The molecule has 0 aromatic carbocycles. The maximum absolute atomic E-state index is 11.0. The lowest BCUT2D eigenvalue weighted by molar-refractivity contribution is -0.145. The van der Waals surface area contributed by atoms with Gasteiger partial charge in [0.2, 0.25) is 0 Å². The Labute approximate surface area is 83.4 Å². The predicted molar refractivity (Wildman–Crippen MR) is 51.1 cm³/mol. The highest BCUT2D eigenvalue weighted by atomic mass is 16.5. The molecule has 2 N–H and O–H groups in total. The van der Waals surface area contributed by atoms with Gasteiger partial charge in [-0.2, -0.15) is 0 Å². The zero-order valence-corrected chi connectivity index (χ0v) is 8.79. The summed E-state index contributed by atoms with van der Waals surface area (Å²) in [6.45, 7) is 3.59. The third-order valence-electron chi connectivity index (χ3n) is 2.22. The van der Waals surface area contributed by atoms with Crippen molar-refractivity contribution in [1.29, 1.82) is 0 Å². The molecule has 0 bridgehead atoms. The highest BCUT2D eigenvalue weighted by molar-refractivity contribution is 5.84. The Morgan fingerprint density at radius 2 is 2.00 bits per heavy atom. The monoisotopic (exact) mass is 203 g/mol. The smallest absolute Gasteiger partial charge is 0.407 e. The molecule has 5 nitrogen and oxygen atoms in total. The molecular formula is C9H17NO4. The summed E-state index contributed by atoms with van der Waals surface area (Å²) < 4.78 is 4.39. The average Bonchev–Trinajstić information content (AvgIpc) is 2.16. The van der Waals surface area contributed by atoms with Crippen LogP contribution in [-0.4, -0.2) is 29.8 Å². The largest absolute Gasteiger partial charge is 0.480 e. The number of alkyl carbamates (subject to hydrolysis) is 1. The summed E-state index contributed by atoms with van der Waals surface area (Å²) in [7, 11) is 1.21. The molecule has 0 spiro atoms. The Kier molecular flexibility index (Phi) is 4.97. The molecule has 0 aromatic heterocycles. The van der Waals surface area contributed by atoms with Crippen LogP contribution in [0.2, 0.25) is 0 Å². The predicted octanol–water partition coefficient (Wildman–Crippen LogP) is 1.38. The zero-order chi connectivity index (χ0) is 11.2. The van der Waals surface area contributed by atoms with Crippen LogP contribution >= 0.6 is 0 Å². The Hall–Kier alpha value is -1.26. The van der Waals surface area contributed by atoms with Crippen molar-refractivity contribution in [1.82, 2.24) is 5.32 Å². The molecule has 0 aromatic rings. The molecule has 0 radical (unpaired) electrons. The first-order chi connectivity index (χ1) is 6.52. The quantitative estimate of drug-likeness (QED) is 0.707. The molecule has 5 heteroatoms. The third kappa shape index (κ3) is 2.90. The van der Waals surface area contributed by atoms with Crippen LogP contribution in [0.15, 0.2) is 0 Å². The van der Waals surface area contributed by atoms with Crippen molar-refractivity contribution in [2.24, 2.45) is 0 Å². The fraction of sp³-hybridized carbons (Fsp3) is 0.778. The third-order valence-corrected chi connectivity index (χ3v) is 2.22. The van der Waals surface area contributed by atoms with Gasteiger partial charge in [0.25, 0.3) is 0 Å². The van der Waals surface area contributed by atoms with E-state index >= 15 is 0 Å². The SMILES string of the molecule is CCCC(CC)(NC(=O)OC)C(=O)O. The van der Waals surface area contributed by atoms with Crippen LogP contribution in [0.4, 0.5) is 4.79 Å². The van der Waals surface area contributed by atoms with Gasteiger partial charge < -0.3 is 15.2 Å². The molecule has 1 unspecified atom stereocenters. The number of carbonyl (C=O) groups excluding carboxylic acids is 1. The number of nitrogens with one attached hydrogen (secondary N) is 1. The summed E-state index contributed by atoms with van der Waals surface area (Å²) in [5, 5.41) is 11.4. The Morgan fingerprint density at radius 3 is 2.29 bits per heavy atom. The van der Waals surface area contributed by atoms with Gasteiger partial charge >= 0.3 is 12.1 Å². The Bertz CT molecular complexity index is 217. The van der Waals surface area contributed by atoms with Crippen molar-refractivity contribution in [2.45, 2.75) is 38.6 Å². The van der Waals surface area contributed by atoms with Crippen LogP contribution in [0, 0.1) is 0 Å². The Morgan fingerprint density at radius 1 is 1.43 bits per heavy atom. The molecule has 0 rings (SSSR count). The lowest BCUT2D eigenvalue weighted by Gasteiger charge is -2.28. The first kappa shape index (κ1) is 12.7. The topological polar surface area (TPSA) is 75.6 Å². The molecule has 14 heavy (non-hydrogen) atoms. The maximum Gasteiger partial charge on any atom is 0.407 e. The summed E-state index contributed by atoms with van der Waals surface area (Å²) in [6, 6.07) is 0. The highest BCUT2D eigenvalue weighted by Crippen LogP contribution is 2.18. The van der Waals surface area contributed by atoms with E-state index in [1.165, 1.54) is 7.11 Å². The number of aliphatic carboxylic acids is 1. The lowest BCUT2D eigenvalue weighted by atomic mass is 9.91. The molecule has 0 aliphatic carbocycles. The van der Waals surface area contributed by atoms with Gasteiger partial charge in [-0.1, -0.05) is 20.3 Å². The van der Waals surface area contributed by atoms with E-state index in [0.29, 0.717) is 19.3 Å². The van der Waals surface area contributed by atoms with E-state index in [1.807, 2.05) is 6.92 Å². The van der Waals surface area contributed by atoms with Crippen LogP contribution < -0.4 is 5.32 Å². The van der Waals surface area contributed by atoms with Gasteiger partial charge in [-0.3, -0.25) is 0 Å². The van der Waals surface area contributed by atoms with Crippen LogP contribution in [0.25, 0.3) is 0 Å². The number of rotatable bonds is 5.